The van der Waals surface area contributed by atoms with E-state index in [0.29, 0.717) is 71.8 Å². The first-order valence-corrected chi connectivity index (χ1v) is 16.7. The van der Waals surface area contributed by atoms with Gasteiger partial charge in [0.05, 0.1) is 47.1 Å². The van der Waals surface area contributed by atoms with Crippen LogP contribution in [0.1, 0.15) is 36.1 Å². The highest BCUT2D eigenvalue weighted by atomic mass is 35.5. The number of aromatic nitrogens is 4. The summed E-state index contributed by atoms with van der Waals surface area (Å²) in [5.74, 6) is 1.92. The number of nitrogens with one attached hydrogen (secondary N) is 1. The Hall–Kier alpha value is -4.31. The maximum absolute atomic E-state index is 10.4. The zero-order chi connectivity index (χ0) is 31.3. The summed E-state index contributed by atoms with van der Waals surface area (Å²) < 4.78 is 29.4. The summed E-state index contributed by atoms with van der Waals surface area (Å²) in [6, 6.07) is 15.9. The molecule has 2 saturated heterocycles. The summed E-state index contributed by atoms with van der Waals surface area (Å²) in [5, 5.41) is 27.9. The standard InChI is InChI=1S/C30H31ClN10O3S/c1-44-24-6-2-19(3-7-24)17-39(21-4-5-21)29-28-34-16-23(15-33)41(28)37-30(36-29)35-25-12-20(14-32)13-26(27(25)31)38-9-10-40-22(18-38)8-11-45(40,42)43/h2-3,6-7,12-13,16,21-22,42-43H,4-5,8-11,17-18H2,1H3,(H,35,37). The van der Waals surface area contributed by atoms with Gasteiger partial charge in [0.15, 0.2) is 17.2 Å². The van der Waals surface area contributed by atoms with E-state index in [0.717, 1.165) is 24.2 Å². The van der Waals surface area contributed by atoms with Gasteiger partial charge in [-0.05, 0) is 49.1 Å². The Labute approximate surface area is 266 Å². The minimum atomic E-state index is -2.73. The fraction of sp³-hybridized carbons (Fsp3) is 0.367. The molecule has 2 aliphatic heterocycles. The van der Waals surface area contributed by atoms with Crippen molar-refractivity contribution in [3.05, 3.63) is 64.4 Å². The van der Waals surface area contributed by atoms with Crippen LogP contribution in [0.4, 0.5) is 23.1 Å². The summed E-state index contributed by atoms with van der Waals surface area (Å²) in [4.78, 5) is 13.7. The van der Waals surface area contributed by atoms with E-state index in [2.05, 4.69) is 37.3 Å². The lowest BCUT2D eigenvalue weighted by atomic mass is 10.1. The molecule has 232 valence electrons. The predicted molar refractivity (Wildman–Crippen MR) is 172 cm³/mol. The van der Waals surface area contributed by atoms with Crippen LogP contribution in [0.3, 0.4) is 0 Å². The van der Waals surface area contributed by atoms with Crippen molar-refractivity contribution in [3.8, 4) is 17.9 Å². The number of benzene rings is 2. The van der Waals surface area contributed by atoms with Gasteiger partial charge in [0.1, 0.15) is 11.8 Å². The molecule has 1 unspecified atom stereocenters. The second-order valence-electron chi connectivity index (χ2n) is 11.4. The smallest absolute Gasteiger partial charge is 0.247 e. The first-order chi connectivity index (χ1) is 21.8. The number of imidazole rings is 1. The Morgan fingerprint density at radius 3 is 2.64 bits per heavy atom. The van der Waals surface area contributed by atoms with Crippen LogP contribution in [0.25, 0.3) is 5.65 Å². The predicted octanol–water partition coefficient (Wildman–Crippen LogP) is 5.00. The summed E-state index contributed by atoms with van der Waals surface area (Å²) in [5.41, 5.74) is 3.31. The van der Waals surface area contributed by atoms with Gasteiger partial charge in [-0.3, -0.25) is 9.11 Å². The molecule has 0 amide bonds. The first kappa shape index (κ1) is 29.4. The number of hydrogen-bond acceptors (Lipinski definition) is 12. The van der Waals surface area contributed by atoms with Gasteiger partial charge < -0.3 is 19.9 Å². The van der Waals surface area contributed by atoms with Gasteiger partial charge in [-0.2, -0.15) is 24.3 Å². The average Bonchev–Trinajstić information content (AvgIpc) is 3.74. The first-order valence-electron chi connectivity index (χ1n) is 14.6. The summed E-state index contributed by atoms with van der Waals surface area (Å²) in [6.45, 7) is 2.13. The molecule has 7 rings (SSSR count). The Morgan fingerprint density at radius 1 is 1.13 bits per heavy atom. The number of nitrogens with zero attached hydrogens (tertiary/aromatic N) is 9. The number of hydrogen-bond donors (Lipinski definition) is 3. The topological polar surface area (TPSA) is 162 Å². The number of anilines is 4. The minimum Gasteiger partial charge on any atom is -0.497 e. The van der Waals surface area contributed by atoms with E-state index in [-0.39, 0.29) is 23.7 Å². The molecule has 13 nitrogen and oxygen atoms in total. The van der Waals surface area contributed by atoms with E-state index in [1.54, 1.807) is 23.5 Å². The third-order valence-corrected chi connectivity index (χ3v) is 10.9. The molecule has 0 radical (unpaired) electrons. The molecule has 3 aliphatic rings. The number of rotatable bonds is 8. The van der Waals surface area contributed by atoms with E-state index < -0.39 is 10.8 Å². The van der Waals surface area contributed by atoms with Gasteiger partial charge in [-0.15, -0.1) is 15.9 Å². The molecule has 1 saturated carbocycles. The van der Waals surface area contributed by atoms with E-state index in [1.165, 1.54) is 10.7 Å². The quantitative estimate of drug-likeness (QED) is 0.235. The lowest BCUT2D eigenvalue weighted by Crippen LogP contribution is -2.50. The summed E-state index contributed by atoms with van der Waals surface area (Å²) >= 11 is 7.00. The molecule has 0 spiro atoms. The fourth-order valence-corrected chi connectivity index (χ4v) is 8.21. The molecule has 0 bridgehead atoms. The Balaban J connectivity index is 1.24. The second-order valence-corrected chi connectivity index (χ2v) is 13.9. The molecular weight excluding hydrogens is 616 g/mol. The van der Waals surface area contributed by atoms with Crippen LogP contribution >= 0.6 is 22.4 Å². The van der Waals surface area contributed by atoms with Crippen molar-refractivity contribution >= 4 is 51.2 Å². The van der Waals surface area contributed by atoms with Gasteiger partial charge in [0.2, 0.25) is 5.95 Å². The third kappa shape index (κ3) is 5.56. The maximum atomic E-state index is 10.4. The van der Waals surface area contributed by atoms with E-state index >= 15 is 0 Å². The highest BCUT2D eigenvalue weighted by Crippen LogP contribution is 2.53. The van der Waals surface area contributed by atoms with Gasteiger partial charge in [-0.25, -0.2) is 4.98 Å². The monoisotopic (exact) mass is 646 g/mol. The number of ether oxygens (including phenoxy) is 1. The molecule has 3 fully saturated rings. The normalized spacial score (nSPS) is 19.9. The van der Waals surface area contributed by atoms with Gasteiger partial charge in [0.25, 0.3) is 0 Å². The highest BCUT2D eigenvalue weighted by molar-refractivity contribution is 8.22. The summed E-state index contributed by atoms with van der Waals surface area (Å²) in [7, 11) is -1.09. The van der Waals surface area contributed by atoms with Crippen molar-refractivity contribution in [2.45, 2.75) is 37.9 Å². The van der Waals surface area contributed by atoms with Crippen molar-refractivity contribution in [1.82, 2.24) is 23.9 Å². The molecule has 1 aliphatic carbocycles. The minimum absolute atomic E-state index is 0.0139. The maximum Gasteiger partial charge on any atom is 0.247 e. The highest BCUT2D eigenvalue weighted by Gasteiger charge is 2.41. The lowest BCUT2D eigenvalue weighted by molar-refractivity contribution is 0.285. The van der Waals surface area contributed by atoms with Crippen LogP contribution in [-0.2, 0) is 6.54 Å². The fourth-order valence-electron chi connectivity index (χ4n) is 6.08. The largest absolute Gasteiger partial charge is 0.497 e. The van der Waals surface area contributed by atoms with Crippen molar-refractivity contribution in [2.24, 2.45) is 0 Å². The van der Waals surface area contributed by atoms with Crippen molar-refractivity contribution < 1.29 is 13.8 Å². The Morgan fingerprint density at radius 2 is 1.93 bits per heavy atom. The molecule has 2 aromatic heterocycles. The SMILES string of the molecule is COc1ccc(CN(c2nc(Nc3cc(C#N)cc(N4CCN5C(CCS5(O)O)C4)c3Cl)nn3c(C#N)cnc23)C2CC2)cc1. The van der Waals surface area contributed by atoms with Crippen LogP contribution in [0.15, 0.2) is 42.6 Å². The molecule has 4 aromatic rings. The zero-order valence-electron chi connectivity index (χ0n) is 24.5. The van der Waals surface area contributed by atoms with Crippen LogP contribution in [0.2, 0.25) is 5.02 Å². The number of methoxy groups -OCH3 is 1. The number of nitriles is 2. The van der Waals surface area contributed by atoms with Gasteiger partial charge in [-0.1, -0.05) is 23.7 Å². The van der Waals surface area contributed by atoms with Crippen LogP contribution in [0.5, 0.6) is 5.75 Å². The zero-order valence-corrected chi connectivity index (χ0v) is 26.0. The summed E-state index contributed by atoms with van der Waals surface area (Å²) in [6.07, 6.45) is 4.17. The molecule has 45 heavy (non-hydrogen) atoms. The second kappa shape index (κ2) is 11.6. The third-order valence-electron chi connectivity index (χ3n) is 8.53. The molecule has 1 atom stereocenters. The lowest BCUT2D eigenvalue weighted by Gasteiger charge is -2.45. The molecular formula is C30H31ClN10O3S. The van der Waals surface area contributed by atoms with Gasteiger partial charge >= 0.3 is 0 Å². The molecule has 2 aromatic carbocycles. The Kier molecular flexibility index (Phi) is 7.55. The van der Waals surface area contributed by atoms with E-state index in [1.807, 2.05) is 24.3 Å². The Bertz CT molecular complexity index is 1850. The van der Waals surface area contributed by atoms with Crippen molar-refractivity contribution in [3.63, 3.8) is 0 Å². The number of piperazine rings is 1. The van der Waals surface area contributed by atoms with E-state index in [9.17, 15) is 19.6 Å². The van der Waals surface area contributed by atoms with Crippen molar-refractivity contribution in [1.29, 1.82) is 10.5 Å². The molecule has 15 heteroatoms. The van der Waals surface area contributed by atoms with Crippen LogP contribution in [-0.4, -0.2) is 77.6 Å². The number of halogens is 1. The van der Waals surface area contributed by atoms with Crippen LogP contribution in [0, 0.1) is 22.7 Å². The van der Waals surface area contributed by atoms with Crippen LogP contribution < -0.4 is 19.9 Å². The average molecular weight is 647 g/mol. The van der Waals surface area contributed by atoms with E-state index in [4.69, 9.17) is 21.3 Å². The van der Waals surface area contributed by atoms with Crippen molar-refractivity contribution in [2.75, 3.05) is 47.6 Å². The number of fused-ring (bicyclic) bond motifs is 2. The molecule has 3 N–H and O–H groups in total. The van der Waals surface area contributed by atoms with Gasteiger partial charge in [0, 0.05) is 38.3 Å². The molecule has 4 heterocycles.